The SMILES string of the molecule is CC1CCC(C(C)C)C(OC(=O)C(C)O)C1.Cl.[AlH3]. The molecule has 0 saturated heterocycles. The molecule has 0 aromatic rings. The number of hydrogen-bond donors (Lipinski definition) is 1. The standard InChI is InChI=1S/C13H24O3.Al.ClH.3H/c1-8(2)11-6-5-9(3)7-12(11)16-13(15)10(4)14;;;;;/h8-12,14H,5-7H2,1-4H3;;1H;;;. The Balaban J connectivity index is 0. The molecule has 1 saturated carbocycles. The first-order valence-corrected chi connectivity index (χ1v) is 6.30. The number of carbonyl (C=O) groups excluding carboxylic acids is 1. The molecule has 3 nitrogen and oxygen atoms in total. The fraction of sp³-hybridized carbons (Fsp3) is 0.923. The Morgan fingerprint density at radius 2 is 1.83 bits per heavy atom. The van der Waals surface area contributed by atoms with Crippen molar-refractivity contribution < 1.29 is 14.6 Å². The van der Waals surface area contributed by atoms with Crippen LogP contribution in [-0.4, -0.2) is 40.6 Å². The molecule has 0 bridgehead atoms. The van der Waals surface area contributed by atoms with Crippen molar-refractivity contribution in [2.75, 3.05) is 0 Å². The van der Waals surface area contributed by atoms with E-state index in [-0.39, 0.29) is 35.9 Å². The van der Waals surface area contributed by atoms with Crippen LogP contribution in [0.4, 0.5) is 0 Å². The maximum Gasteiger partial charge on any atom is 0.334 e. The number of hydrogen-bond acceptors (Lipinski definition) is 3. The molecule has 108 valence electrons. The quantitative estimate of drug-likeness (QED) is 0.635. The van der Waals surface area contributed by atoms with Crippen LogP contribution in [0.5, 0.6) is 0 Å². The first-order chi connectivity index (χ1) is 7.41. The topological polar surface area (TPSA) is 46.5 Å². The maximum atomic E-state index is 11.4. The summed E-state index contributed by atoms with van der Waals surface area (Å²) >= 11 is 0. The highest BCUT2D eigenvalue weighted by molar-refractivity contribution is 5.85. The molecule has 0 heterocycles. The molecule has 1 aliphatic rings. The van der Waals surface area contributed by atoms with Gasteiger partial charge in [-0.2, -0.15) is 0 Å². The van der Waals surface area contributed by atoms with Gasteiger partial charge in [0.25, 0.3) is 0 Å². The van der Waals surface area contributed by atoms with Crippen molar-refractivity contribution in [3.63, 3.8) is 0 Å². The summed E-state index contributed by atoms with van der Waals surface area (Å²) in [6, 6.07) is 0. The lowest BCUT2D eigenvalue weighted by atomic mass is 9.75. The van der Waals surface area contributed by atoms with Gasteiger partial charge in [-0.05, 0) is 37.5 Å². The van der Waals surface area contributed by atoms with Gasteiger partial charge in [-0.1, -0.05) is 27.2 Å². The van der Waals surface area contributed by atoms with Crippen molar-refractivity contribution in [1.82, 2.24) is 0 Å². The van der Waals surface area contributed by atoms with Crippen LogP contribution in [0.3, 0.4) is 0 Å². The molecule has 18 heavy (non-hydrogen) atoms. The minimum Gasteiger partial charge on any atom is -0.460 e. The van der Waals surface area contributed by atoms with Gasteiger partial charge in [-0.15, -0.1) is 12.4 Å². The summed E-state index contributed by atoms with van der Waals surface area (Å²) in [6.45, 7) is 7.99. The highest BCUT2D eigenvalue weighted by Crippen LogP contribution is 2.35. The van der Waals surface area contributed by atoms with E-state index in [4.69, 9.17) is 9.84 Å². The zero-order valence-corrected chi connectivity index (χ0v) is 12.0. The molecular formula is C13H28AlClO3. The van der Waals surface area contributed by atoms with Gasteiger partial charge < -0.3 is 9.84 Å². The second-order valence-electron chi connectivity index (χ2n) is 5.48. The Morgan fingerprint density at radius 1 is 1.28 bits per heavy atom. The maximum absolute atomic E-state index is 11.4. The third-order valence-electron chi connectivity index (χ3n) is 3.57. The third kappa shape index (κ3) is 5.93. The van der Waals surface area contributed by atoms with Crippen molar-refractivity contribution in [1.29, 1.82) is 0 Å². The number of halogens is 1. The summed E-state index contributed by atoms with van der Waals surface area (Å²) in [6.07, 6.45) is 2.25. The van der Waals surface area contributed by atoms with E-state index < -0.39 is 12.1 Å². The fourth-order valence-electron chi connectivity index (χ4n) is 2.50. The van der Waals surface area contributed by atoms with Crippen LogP contribution >= 0.6 is 12.4 Å². The predicted molar refractivity (Wildman–Crippen MR) is 80.1 cm³/mol. The molecule has 0 aliphatic heterocycles. The van der Waals surface area contributed by atoms with Crippen LogP contribution in [0.2, 0.25) is 0 Å². The Labute approximate surface area is 127 Å². The first kappa shape index (κ1) is 20.6. The van der Waals surface area contributed by atoms with Gasteiger partial charge in [0.05, 0.1) is 0 Å². The van der Waals surface area contributed by atoms with Crippen molar-refractivity contribution in [3.8, 4) is 0 Å². The van der Waals surface area contributed by atoms with Crippen LogP contribution < -0.4 is 0 Å². The zero-order chi connectivity index (χ0) is 12.3. The Kier molecular flexibility index (Phi) is 10.5. The molecule has 0 amide bonds. The van der Waals surface area contributed by atoms with E-state index in [2.05, 4.69) is 20.8 Å². The number of esters is 1. The van der Waals surface area contributed by atoms with Crippen LogP contribution in [0, 0.1) is 17.8 Å². The molecule has 0 aromatic heterocycles. The summed E-state index contributed by atoms with van der Waals surface area (Å²) in [4.78, 5) is 11.4. The van der Waals surface area contributed by atoms with Gasteiger partial charge in [-0.3, -0.25) is 0 Å². The number of carbonyl (C=O) groups is 1. The van der Waals surface area contributed by atoms with E-state index in [1.165, 1.54) is 13.3 Å². The summed E-state index contributed by atoms with van der Waals surface area (Å²) in [5.41, 5.74) is 0. The molecule has 1 N–H and O–H groups in total. The number of aliphatic hydroxyl groups is 1. The normalized spacial score (nSPS) is 28.9. The van der Waals surface area contributed by atoms with Gasteiger partial charge in [0.1, 0.15) is 12.2 Å². The first-order valence-electron chi connectivity index (χ1n) is 6.30. The van der Waals surface area contributed by atoms with Gasteiger partial charge in [-0.25, -0.2) is 4.79 Å². The molecule has 4 unspecified atom stereocenters. The lowest BCUT2D eigenvalue weighted by molar-refractivity contribution is -0.164. The van der Waals surface area contributed by atoms with Gasteiger partial charge >= 0.3 is 5.97 Å². The van der Waals surface area contributed by atoms with Crippen LogP contribution in [0.25, 0.3) is 0 Å². The van der Waals surface area contributed by atoms with E-state index in [1.807, 2.05) is 0 Å². The molecule has 0 radical (unpaired) electrons. The molecular weight excluding hydrogens is 267 g/mol. The third-order valence-corrected chi connectivity index (χ3v) is 3.57. The molecule has 0 aromatic carbocycles. The zero-order valence-electron chi connectivity index (χ0n) is 11.2. The van der Waals surface area contributed by atoms with E-state index in [1.54, 1.807) is 0 Å². The summed E-state index contributed by atoms with van der Waals surface area (Å²) in [5, 5.41) is 9.17. The van der Waals surface area contributed by atoms with Gasteiger partial charge in [0, 0.05) is 0 Å². The summed E-state index contributed by atoms with van der Waals surface area (Å²) in [7, 11) is 0. The van der Waals surface area contributed by atoms with Crippen molar-refractivity contribution in [2.24, 2.45) is 17.8 Å². The smallest absolute Gasteiger partial charge is 0.334 e. The number of aliphatic hydroxyl groups excluding tert-OH is 1. The van der Waals surface area contributed by atoms with E-state index in [0.717, 1.165) is 12.8 Å². The molecule has 1 fully saturated rings. The number of rotatable bonds is 3. The minimum atomic E-state index is -1.01. The van der Waals surface area contributed by atoms with Gasteiger partial charge in [0.2, 0.25) is 0 Å². The fourth-order valence-corrected chi connectivity index (χ4v) is 2.50. The largest absolute Gasteiger partial charge is 0.460 e. The molecule has 5 heteroatoms. The average molecular weight is 295 g/mol. The van der Waals surface area contributed by atoms with Crippen molar-refractivity contribution >= 4 is 35.7 Å². The van der Waals surface area contributed by atoms with Crippen LogP contribution in [0.15, 0.2) is 0 Å². The van der Waals surface area contributed by atoms with E-state index >= 15 is 0 Å². The van der Waals surface area contributed by atoms with E-state index in [0.29, 0.717) is 17.8 Å². The Hall–Kier alpha value is 0.252. The highest BCUT2D eigenvalue weighted by atomic mass is 35.5. The van der Waals surface area contributed by atoms with Gasteiger partial charge in [0.15, 0.2) is 17.4 Å². The summed E-state index contributed by atoms with van der Waals surface area (Å²) < 4.78 is 5.41. The predicted octanol–water partition coefficient (Wildman–Crippen LogP) is 1.61. The van der Waals surface area contributed by atoms with E-state index in [9.17, 15) is 4.79 Å². The lowest BCUT2D eigenvalue weighted by Gasteiger charge is -2.36. The van der Waals surface area contributed by atoms with Crippen LogP contribution in [0.1, 0.15) is 47.0 Å². The second kappa shape index (κ2) is 9.20. The monoisotopic (exact) mass is 294 g/mol. The Morgan fingerprint density at radius 3 is 2.28 bits per heavy atom. The lowest BCUT2D eigenvalue weighted by Crippen LogP contribution is -2.37. The summed E-state index contributed by atoms with van der Waals surface area (Å²) in [5.74, 6) is 1.10. The van der Waals surface area contributed by atoms with Crippen LogP contribution in [-0.2, 0) is 9.53 Å². The molecule has 1 rings (SSSR count). The molecule has 0 spiro atoms. The second-order valence-corrected chi connectivity index (χ2v) is 5.48. The molecule has 1 aliphatic carbocycles. The average Bonchev–Trinajstić information content (AvgIpc) is 2.16. The molecule has 4 atom stereocenters. The van der Waals surface area contributed by atoms with Crippen molar-refractivity contribution in [2.45, 2.75) is 59.2 Å². The van der Waals surface area contributed by atoms with Crippen molar-refractivity contribution in [3.05, 3.63) is 0 Å². The Bertz CT molecular complexity index is 246. The number of ether oxygens (including phenoxy) is 1. The highest BCUT2D eigenvalue weighted by Gasteiger charge is 2.33. The minimum absolute atomic E-state index is 0.